The molecule has 0 atom stereocenters. The predicted octanol–water partition coefficient (Wildman–Crippen LogP) is 4.97. The molecule has 0 saturated carbocycles. The van der Waals surface area contributed by atoms with E-state index in [0.717, 1.165) is 11.1 Å². The average Bonchev–Trinajstić information content (AvgIpc) is 3.42. The number of nitrogens with zero attached hydrogens (tertiary/aromatic N) is 5. The van der Waals surface area contributed by atoms with Crippen LogP contribution in [0.3, 0.4) is 0 Å². The Balaban J connectivity index is 1.14. The van der Waals surface area contributed by atoms with Crippen molar-refractivity contribution in [2.45, 2.75) is 32.1 Å². The lowest BCUT2D eigenvalue weighted by Gasteiger charge is -2.39. The van der Waals surface area contributed by atoms with Gasteiger partial charge in [0.2, 0.25) is 0 Å². The summed E-state index contributed by atoms with van der Waals surface area (Å²) >= 11 is 0. The van der Waals surface area contributed by atoms with E-state index >= 15 is 0 Å². The number of hydrogen-bond acceptors (Lipinski definition) is 7. The Kier molecular flexibility index (Phi) is 8.57. The monoisotopic (exact) mass is 636 g/mol. The van der Waals surface area contributed by atoms with Crippen molar-refractivity contribution in [1.29, 1.82) is 0 Å². The molecule has 6 rings (SSSR count). The van der Waals surface area contributed by atoms with Crippen LogP contribution in [0.15, 0.2) is 60.8 Å². The molecule has 11 nitrogen and oxygen atoms in total. The number of alkyl halides is 3. The minimum absolute atomic E-state index is 0.0561. The zero-order valence-electron chi connectivity index (χ0n) is 25.5. The molecular formula is C32H35F3N8O3. The number of piperazine rings is 1. The van der Waals surface area contributed by atoms with Gasteiger partial charge in [0.25, 0.3) is 5.91 Å². The van der Waals surface area contributed by atoms with Crippen LogP contribution in [-0.2, 0) is 11.3 Å². The summed E-state index contributed by atoms with van der Waals surface area (Å²) in [4.78, 5) is 38.7. The first-order valence-corrected chi connectivity index (χ1v) is 15.0. The third kappa shape index (κ3) is 7.23. The van der Waals surface area contributed by atoms with E-state index < -0.39 is 18.8 Å². The second-order valence-corrected chi connectivity index (χ2v) is 12.0. The fourth-order valence-corrected chi connectivity index (χ4v) is 5.70. The molecule has 4 aromatic rings. The first-order valence-electron chi connectivity index (χ1n) is 15.0. The summed E-state index contributed by atoms with van der Waals surface area (Å²) in [6, 6.07) is 14.6. The summed E-state index contributed by atoms with van der Waals surface area (Å²) in [5, 5.41) is 9.45. The molecule has 2 fully saturated rings. The maximum absolute atomic E-state index is 13.3. The zero-order chi connectivity index (χ0) is 32.5. The second kappa shape index (κ2) is 12.6. The molecule has 2 aromatic heterocycles. The van der Waals surface area contributed by atoms with Crippen molar-refractivity contribution in [3.63, 3.8) is 0 Å². The third-order valence-electron chi connectivity index (χ3n) is 7.91. The summed E-state index contributed by atoms with van der Waals surface area (Å²) in [6.07, 6.45) is -3.03. The van der Waals surface area contributed by atoms with E-state index in [1.54, 1.807) is 54.6 Å². The topological polar surface area (TPSA) is 117 Å². The highest BCUT2D eigenvalue weighted by atomic mass is 19.4. The van der Waals surface area contributed by atoms with Crippen LogP contribution in [0.4, 0.5) is 35.2 Å². The Morgan fingerprint density at radius 2 is 1.59 bits per heavy atom. The fraction of sp³-hybridized carbons (Fsp3) is 0.375. The SMILES string of the molecule is CC1(C)CN(C(=O)c2ccc(NC(=O)Nc3ccc(-c4nc(N5CCOCC5)c5ccn(CC(F)(F)F)c5n4)cc3)cc2)CCN1. The molecule has 0 radical (unpaired) electrons. The minimum atomic E-state index is -4.41. The van der Waals surface area contributed by atoms with Crippen molar-refractivity contribution < 1.29 is 27.5 Å². The molecule has 2 aliphatic rings. The number of carbonyl (C=O) groups excluding carboxylic acids is 2. The molecule has 2 aromatic carbocycles. The van der Waals surface area contributed by atoms with Gasteiger partial charge in [0.1, 0.15) is 18.0 Å². The summed E-state index contributed by atoms with van der Waals surface area (Å²) < 4.78 is 46.5. The maximum atomic E-state index is 13.3. The third-order valence-corrected chi connectivity index (χ3v) is 7.91. The van der Waals surface area contributed by atoms with Crippen LogP contribution in [-0.4, -0.2) is 89.0 Å². The Morgan fingerprint density at radius 3 is 2.22 bits per heavy atom. The molecule has 2 saturated heterocycles. The van der Waals surface area contributed by atoms with Crippen LogP contribution in [0.2, 0.25) is 0 Å². The molecular weight excluding hydrogens is 601 g/mol. The number of halogens is 3. The largest absolute Gasteiger partial charge is 0.406 e. The molecule has 0 unspecified atom stereocenters. The van der Waals surface area contributed by atoms with Crippen molar-refractivity contribution in [1.82, 2.24) is 24.8 Å². The van der Waals surface area contributed by atoms with E-state index in [-0.39, 0.29) is 22.9 Å². The number of fused-ring (bicyclic) bond motifs is 1. The Bertz CT molecular complexity index is 1720. The normalized spacial score (nSPS) is 16.8. The highest BCUT2D eigenvalue weighted by Crippen LogP contribution is 2.31. The van der Waals surface area contributed by atoms with E-state index in [1.807, 2.05) is 9.80 Å². The lowest BCUT2D eigenvalue weighted by Crippen LogP contribution is -2.58. The van der Waals surface area contributed by atoms with E-state index in [2.05, 4.69) is 34.8 Å². The predicted molar refractivity (Wildman–Crippen MR) is 169 cm³/mol. The van der Waals surface area contributed by atoms with Gasteiger partial charge in [-0.15, -0.1) is 0 Å². The van der Waals surface area contributed by atoms with Crippen molar-refractivity contribution >= 4 is 40.2 Å². The molecule has 0 bridgehead atoms. The van der Waals surface area contributed by atoms with Crippen molar-refractivity contribution in [2.24, 2.45) is 0 Å². The maximum Gasteiger partial charge on any atom is 0.406 e. The van der Waals surface area contributed by atoms with Crippen LogP contribution in [0.1, 0.15) is 24.2 Å². The van der Waals surface area contributed by atoms with Gasteiger partial charge < -0.3 is 35.1 Å². The van der Waals surface area contributed by atoms with Crippen molar-refractivity contribution in [3.8, 4) is 11.4 Å². The molecule has 3 N–H and O–H groups in total. The van der Waals surface area contributed by atoms with Crippen LogP contribution in [0.25, 0.3) is 22.4 Å². The Labute approximate surface area is 263 Å². The molecule has 14 heteroatoms. The van der Waals surface area contributed by atoms with Gasteiger partial charge in [-0.1, -0.05) is 0 Å². The van der Waals surface area contributed by atoms with Gasteiger partial charge in [-0.05, 0) is 68.4 Å². The van der Waals surface area contributed by atoms with Crippen LogP contribution in [0.5, 0.6) is 0 Å². The summed E-state index contributed by atoms with van der Waals surface area (Å²) in [5.74, 6) is 0.765. The zero-order valence-corrected chi connectivity index (χ0v) is 25.5. The Morgan fingerprint density at radius 1 is 0.935 bits per heavy atom. The van der Waals surface area contributed by atoms with E-state index in [1.165, 1.54) is 6.20 Å². The van der Waals surface area contributed by atoms with Gasteiger partial charge in [-0.25, -0.2) is 14.8 Å². The molecule has 46 heavy (non-hydrogen) atoms. The smallest absolute Gasteiger partial charge is 0.378 e. The number of benzene rings is 2. The number of hydrogen-bond donors (Lipinski definition) is 3. The number of morpholine rings is 1. The van der Waals surface area contributed by atoms with E-state index in [4.69, 9.17) is 9.72 Å². The van der Waals surface area contributed by atoms with Gasteiger partial charge in [0.15, 0.2) is 5.82 Å². The number of ether oxygens (including phenoxy) is 1. The lowest BCUT2D eigenvalue weighted by molar-refractivity contribution is -0.139. The van der Waals surface area contributed by atoms with Gasteiger partial charge in [-0.3, -0.25) is 4.79 Å². The quantitative estimate of drug-likeness (QED) is 0.274. The number of nitrogens with one attached hydrogen (secondary N) is 3. The molecule has 242 valence electrons. The summed E-state index contributed by atoms with van der Waals surface area (Å²) in [6.45, 7) is 7.01. The summed E-state index contributed by atoms with van der Waals surface area (Å²) in [5.41, 5.74) is 2.17. The highest BCUT2D eigenvalue weighted by molar-refractivity contribution is 6.00. The molecule has 2 aliphatic heterocycles. The van der Waals surface area contributed by atoms with Gasteiger partial charge in [0.05, 0.1) is 18.6 Å². The van der Waals surface area contributed by atoms with E-state index in [0.29, 0.717) is 73.1 Å². The van der Waals surface area contributed by atoms with Gasteiger partial charge in [-0.2, -0.15) is 13.2 Å². The highest BCUT2D eigenvalue weighted by Gasteiger charge is 2.30. The van der Waals surface area contributed by atoms with E-state index in [9.17, 15) is 22.8 Å². The Hall–Kier alpha value is -4.69. The molecule has 0 aliphatic carbocycles. The van der Waals surface area contributed by atoms with Crippen LogP contribution in [0, 0.1) is 0 Å². The van der Waals surface area contributed by atoms with Crippen LogP contribution >= 0.6 is 0 Å². The first-order chi connectivity index (χ1) is 21.9. The van der Waals surface area contributed by atoms with Gasteiger partial charge in [0, 0.05) is 67.0 Å². The number of rotatable bonds is 6. The minimum Gasteiger partial charge on any atom is -0.378 e. The molecule has 4 heterocycles. The molecule has 0 spiro atoms. The fourth-order valence-electron chi connectivity index (χ4n) is 5.70. The number of anilines is 3. The van der Waals surface area contributed by atoms with Crippen molar-refractivity contribution in [3.05, 3.63) is 66.4 Å². The van der Waals surface area contributed by atoms with Crippen LogP contribution < -0.4 is 20.9 Å². The lowest BCUT2D eigenvalue weighted by atomic mass is 10.0. The number of urea groups is 1. The van der Waals surface area contributed by atoms with Gasteiger partial charge >= 0.3 is 12.2 Å². The average molecular weight is 637 g/mol. The number of amides is 3. The molecule has 3 amide bonds. The standard InChI is InChI=1S/C32H35F3N8O3/c1-31(2)19-43(14-12-36-31)29(44)22-5-9-24(10-6-22)38-30(45)37-23-7-3-21(4-8-23)26-39-27(41-15-17-46-18-16-41)25-11-13-42(28(25)40-26)20-32(33,34)35/h3-11,13,36H,12,14-20H2,1-2H3,(H2,37,38,45). The first kappa shape index (κ1) is 31.3. The number of aromatic nitrogens is 3. The number of carbonyl (C=O) groups is 2. The van der Waals surface area contributed by atoms with Crippen molar-refractivity contribution in [2.75, 3.05) is 61.5 Å². The second-order valence-electron chi connectivity index (χ2n) is 12.0. The summed E-state index contributed by atoms with van der Waals surface area (Å²) in [7, 11) is 0.